The van der Waals surface area contributed by atoms with Crippen molar-refractivity contribution < 1.29 is 9.53 Å². The van der Waals surface area contributed by atoms with Crippen LogP contribution < -0.4 is 15.4 Å². The van der Waals surface area contributed by atoms with Crippen molar-refractivity contribution in [2.75, 3.05) is 5.32 Å². The Labute approximate surface area is 226 Å². The number of carbonyl (C=O) groups is 1. The van der Waals surface area contributed by atoms with E-state index in [9.17, 15) is 4.79 Å². The summed E-state index contributed by atoms with van der Waals surface area (Å²) in [7, 11) is 0. The van der Waals surface area contributed by atoms with Gasteiger partial charge in [0.05, 0.1) is 17.8 Å². The number of benzene rings is 2. The number of amides is 1. The van der Waals surface area contributed by atoms with Gasteiger partial charge in [-0.1, -0.05) is 17.9 Å². The highest BCUT2D eigenvalue weighted by atomic mass is 16.5. The van der Waals surface area contributed by atoms with Gasteiger partial charge in [-0.25, -0.2) is 9.97 Å². The largest absolute Gasteiger partial charge is 0.455 e. The fraction of sp³-hybridized carbons (Fsp3) is 0.129. The van der Waals surface area contributed by atoms with E-state index in [1.807, 2.05) is 69.3 Å². The predicted octanol–water partition coefficient (Wildman–Crippen LogP) is 5.74. The van der Waals surface area contributed by atoms with Gasteiger partial charge >= 0.3 is 0 Å². The lowest BCUT2D eigenvalue weighted by molar-refractivity contribution is 0.0943. The van der Waals surface area contributed by atoms with E-state index in [4.69, 9.17) is 4.74 Å². The van der Waals surface area contributed by atoms with Crippen molar-refractivity contribution >= 4 is 28.3 Å². The van der Waals surface area contributed by atoms with Crippen LogP contribution in [0.15, 0.2) is 85.5 Å². The van der Waals surface area contributed by atoms with Crippen molar-refractivity contribution in [1.29, 1.82) is 0 Å². The van der Waals surface area contributed by atoms with Crippen LogP contribution >= 0.6 is 0 Å². The van der Waals surface area contributed by atoms with Gasteiger partial charge in [0.25, 0.3) is 5.91 Å². The van der Waals surface area contributed by atoms with Gasteiger partial charge < -0.3 is 15.4 Å². The van der Waals surface area contributed by atoms with Gasteiger partial charge in [-0.05, 0) is 87.0 Å². The van der Waals surface area contributed by atoms with Gasteiger partial charge in [-0.15, -0.1) is 0 Å². The van der Waals surface area contributed by atoms with Crippen LogP contribution in [0.2, 0.25) is 0 Å². The monoisotopic (exact) mass is 514 g/mol. The van der Waals surface area contributed by atoms with Crippen molar-refractivity contribution in [3.05, 3.63) is 108 Å². The molecule has 5 rings (SSSR count). The minimum Gasteiger partial charge on any atom is -0.455 e. The quantitative estimate of drug-likeness (QED) is 0.279. The Morgan fingerprint density at radius 1 is 0.949 bits per heavy atom. The SMILES string of the molecule is Cc1ccc(Oc2ccc(Nc3ncnc4ccc(C#CC(C)NC(=O)c5ccccn5)cc34)cc2C)cn1. The fourth-order valence-electron chi connectivity index (χ4n) is 3.85. The first kappa shape index (κ1) is 25.4. The Hall–Kier alpha value is -5.29. The molecular weight excluding hydrogens is 488 g/mol. The van der Waals surface area contributed by atoms with E-state index >= 15 is 0 Å². The number of hydrogen-bond donors (Lipinski definition) is 2. The summed E-state index contributed by atoms with van der Waals surface area (Å²) in [6.45, 7) is 5.75. The van der Waals surface area contributed by atoms with Crippen molar-refractivity contribution in [2.24, 2.45) is 0 Å². The number of nitrogens with one attached hydrogen (secondary N) is 2. The third-order valence-corrected chi connectivity index (χ3v) is 5.86. The van der Waals surface area contributed by atoms with Crippen LogP contribution in [0, 0.1) is 25.7 Å². The average molecular weight is 515 g/mol. The highest BCUT2D eigenvalue weighted by Gasteiger charge is 2.10. The lowest BCUT2D eigenvalue weighted by atomic mass is 10.1. The molecule has 0 radical (unpaired) electrons. The first-order valence-electron chi connectivity index (χ1n) is 12.4. The van der Waals surface area contributed by atoms with Crippen LogP contribution in [-0.2, 0) is 0 Å². The molecule has 3 aromatic heterocycles. The molecule has 0 fully saturated rings. The molecule has 1 unspecified atom stereocenters. The molecule has 2 N–H and O–H groups in total. The zero-order chi connectivity index (χ0) is 27.2. The fourth-order valence-corrected chi connectivity index (χ4v) is 3.85. The first-order valence-corrected chi connectivity index (χ1v) is 12.4. The number of hydrogen-bond acceptors (Lipinski definition) is 7. The molecule has 0 aliphatic rings. The summed E-state index contributed by atoms with van der Waals surface area (Å²) in [6, 6.07) is 20.2. The summed E-state index contributed by atoms with van der Waals surface area (Å²) in [4.78, 5) is 29.5. The predicted molar refractivity (Wildman–Crippen MR) is 151 cm³/mol. The molecular formula is C31H26N6O2. The summed E-state index contributed by atoms with van der Waals surface area (Å²) in [6.07, 6.45) is 4.82. The van der Waals surface area contributed by atoms with E-state index in [0.29, 0.717) is 17.3 Å². The van der Waals surface area contributed by atoms with Crippen LogP contribution in [0.4, 0.5) is 11.5 Å². The van der Waals surface area contributed by atoms with Crippen LogP contribution in [0.1, 0.15) is 34.2 Å². The maximum Gasteiger partial charge on any atom is 0.270 e. The van der Waals surface area contributed by atoms with Crippen LogP contribution in [0.3, 0.4) is 0 Å². The van der Waals surface area contributed by atoms with E-state index in [1.54, 1.807) is 30.6 Å². The van der Waals surface area contributed by atoms with Gasteiger partial charge in [0.1, 0.15) is 29.3 Å². The minimum absolute atomic E-state index is 0.266. The van der Waals surface area contributed by atoms with Crippen molar-refractivity contribution in [3.63, 3.8) is 0 Å². The topological polar surface area (TPSA) is 102 Å². The second-order valence-corrected chi connectivity index (χ2v) is 8.98. The average Bonchev–Trinajstić information content (AvgIpc) is 2.95. The van der Waals surface area contributed by atoms with E-state index < -0.39 is 0 Å². The molecule has 1 atom stereocenters. The van der Waals surface area contributed by atoms with Crippen LogP contribution in [0.5, 0.6) is 11.5 Å². The highest BCUT2D eigenvalue weighted by Crippen LogP contribution is 2.29. The maximum absolute atomic E-state index is 12.3. The number of ether oxygens (including phenoxy) is 1. The van der Waals surface area contributed by atoms with E-state index in [-0.39, 0.29) is 11.9 Å². The van der Waals surface area contributed by atoms with E-state index in [1.165, 1.54) is 6.33 Å². The smallest absolute Gasteiger partial charge is 0.270 e. The van der Waals surface area contributed by atoms with Crippen LogP contribution in [0.25, 0.3) is 10.9 Å². The van der Waals surface area contributed by atoms with Gasteiger partial charge in [-0.2, -0.15) is 0 Å². The molecule has 3 heterocycles. The Kier molecular flexibility index (Phi) is 7.41. The van der Waals surface area contributed by atoms with E-state index in [0.717, 1.165) is 39.2 Å². The summed E-state index contributed by atoms with van der Waals surface area (Å²) in [5.41, 5.74) is 4.69. The van der Waals surface area contributed by atoms with Crippen molar-refractivity contribution in [2.45, 2.75) is 26.8 Å². The Bertz CT molecular complexity index is 1690. The number of anilines is 2. The normalized spacial score (nSPS) is 11.3. The lowest BCUT2D eigenvalue weighted by Gasteiger charge is -2.12. The maximum atomic E-state index is 12.3. The number of pyridine rings is 2. The van der Waals surface area contributed by atoms with Crippen LogP contribution in [-0.4, -0.2) is 31.9 Å². The molecule has 0 spiro atoms. The molecule has 8 nitrogen and oxygen atoms in total. The summed E-state index contributed by atoms with van der Waals surface area (Å²) >= 11 is 0. The number of rotatable bonds is 6. The summed E-state index contributed by atoms with van der Waals surface area (Å²) < 4.78 is 5.99. The minimum atomic E-state index is -0.362. The third-order valence-electron chi connectivity index (χ3n) is 5.86. The zero-order valence-corrected chi connectivity index (χ0v) is 21.8. The summed E-state index contributed by atoms with van der Waals surface area (Å²) in [5, 5.41) is 7.07. The Balaban J connectivity index is 1.32. The lowest BCUT2D eigenvalue weighted by Crippen LogP contribution is -2.31. The molecule has 0 saturated heterocycles. The number of carbonyl (C=O) groups excluding carboxylic acids is 1. The van der Waals surface area contributed by atoms with Gasteiger partial charge in [0, 0.05) is 28.5 Å². The van der Waals surface area contributed by atoms with Gasteiger partial charge in [-0.3, -0.25) is 14.8 Å². The molecule has 1 amide bonds. The molecule has 0 saturated carbocycles. The molecule has 0 bridgehead atoms. The third kappa shape index (κ3) is 6.35. The number of aryl methyl sites for hydroxylation is 2. The zero-order valence-electron chi connectivity index (χ0n) is 21.8. The Morgan fingerprint density at radius 2 is 1.85 bits per heavy atom. The number of fused-ring (bicyclic) bond motifs is 1. The second kappa shape index (κ2) is 11.4. The van der Waals surface area contributed by atoms with E-state index in [2.05, 4.69) is 42.4 Å². The second-order valence-electron chi connectivity index (χ2n) is 8.98. The molecule has 2 aromatic carbocycles. The molecule has 39 heavy (non-hydrogen) atoms. The highest BCUT2D eigenvalue weighted by molar-refractivity contribution is 5.93. The number of aromatic nitrogens is 4. The molecule has 192 valence electrons. The van der Waals surface area contributed by atoms with Crippen molar-refractivity contribution in [3.8, 4) is 23.3 Å². The van der Waals surface area contributed by atoms with Crippen molar-refractivity contribution in [1.82, 2.24) is 25.3 Å². The molecule has 0 aliphatic carbocycles. The standard InChI is InChI=1S/C31H26N6O2/c1-20-16-24(11-14-29(20)39-25-12-8-21(2)33-18-25)37-30-26-17-23(10-13-27(26)34-19-35-30)9-7-22(3)36-31(38)28-6-4-5-15-32-28/h4-6,8,10-19,22H,1-3H3,(H,36,38)(H,34,35,37). The Morgan fingerprint density at radius 3 is 2.62 bits per heavy atom. The molecule has 0 aliphatic heterocycles. The van der Waals surface area contributed by atoms with Gasteiger partial charge in [0.15, 0.2) is 0 Å². The van der Waals surface area contributed by atoms with Gasteiger partial charge in [0.2, 0.25) is 0 Å². The summed E-state index contributed by atoms with van der Waals surface area (Å²) in [5.74, 6) is 8.05. The molecule has 5 aromatic rings. The number of nitrogens with zero attached hydrogens (tertiary/aromatic N) is 4. The molecule has 8 heteroatoms. The first-order chi connectivity index (χ1) is 18.9.